The molecule has 0 bridgehead atoms. The van der Waals surface area contributed by atoms with Gasteiger partial charge in [0.05, 0.1) is 18.0 Å². The van der Waals surface area contributed by atoms with Crippen molar-refractivity contribution in [1.82, 2.24) is 9.88 Å². The van der Waals surface area contributed by atoms with Gasteiger partial charge in [-0.3, -0.25) is 9.59 Å². The van der Waals surface area contributed by atoms with E-state index in [9.17, 15) is 40.7 Å². The maximum Gasteiger partial charge on any atom is 0.573 e. The first-order valence-electron chi connectivity index (χ1n) is 12.9. The third-order valence-corrected chi connectivity index (χ3v) is 7.12. The van der Waals surface area contributed by atoms with E-state index >= 15 is 4.39 Å². The molecule has 2 aromatic carbocycles. The first kappa shape index (κ1) is 33.5. The number of hydrogen-bond acceptors (Lipinski definition) is 7. The van der Waals surface area contributed by atoms with E-state index in [0.29, 0.717) is 16.8 Å². The molecule has 0 atom stereocenters. The number of methoxy groups -OCH3 is 1. The van der Waals surface area contributed by atoms with Crippen LogP contribution in [0.5, 0.6) is 11.5 Å². The Morgan fingerprint density at radius 2 is 1.78 bits per heavy atom. The number of fused-ring (bicyclic) bond motifs is 1. The quantitative estimate of drug-likeness (QED) is 0.226. The van der Waals surface area contributed by atoms with E-state index in [1.54, 1.807) is 0 Å². The number of pyridine rings is 1. The third-order valence-electron chi connectivity index (χ3n) is 6.77. The Balaban J connectivity index is 1.71. The summed E-state index contributed by atoms with van der Waals surface area (Å²) in [5.41, 5.74) is -2.54. The molecule has 0 radical (unpaired) electrons. The molecule has 1 aliphatic heterocycles. The van der Waals surface area contributed by atoms with Crippen molar-refractivity contribution in [3.63, 3.8) is 0 Å². The van der Waals surface area contributed by atoms with Crippen molar-refractivity contribution >= 4 is 40.3 Å². The summed E-state index contributed by atoms with van der Waals surface area (Å²) < 4.78 is 108. The highest BCUT2D eigenvalue weighted by Crippen LogP contribution is 2.40. The van der Waals surface area contributed by atoms with Crippen LogP contribution < -0.4 is 25.1 Å². The molecule has 4 rings (SSSR count). The molecule has 1 saturated heterocycles. The van der Waals surface area contributed by atoms with E-state index in [0.717, 1.165) is 25.3 Å². The zero-order valence-electron chi connectivity index (χ0n) is 23.0. The maximum absolute atomic E-state index is 15.6. The number of ether oxygens (including phenoxy) is 3. The van der Waals surface area contributed by atoms with Crippen molar-refractivity contribution in [3.8, 4) is 11.5 Å². The monoisotopic (exact) mass is 669 g/mol. The normalized spacial score (nSPS) is 14.4. The molecular weight excluding hydrogens is 647 g/mol. The summed E-state index contributed by atoms with van der Waals surface area (Å²) >= 11 is 5.97. The van der Waals surface area contributed by atoms with Gasteiger partial charge in [-0.05, 0) is 23.8 Å². The number of nitrogens with one attached hydrogen (secondary N) is 1. The predicted molar refractivity (Wildman–Crippen MR) is 144 cm³/mol. The van der Waals surface area contributed by atoms with Crippen LogP contribution in [0.4, 0.5) is 41.2 Å². The Kier molecular flexibility index (Phi) is 9.60. The Morgan fingerprint density at radius 1 is 1.11 bits per heavy atom. The number of anilines is 1. The number of carbonyl (C=O) groups is 2. The number of nitrogens with zero attached hydrogens (tertiary/aromatic N) is 2. The van der Waals surface area contributed by atoms with Gasteiger partial charge in [-0.1, -0.05) is 17.7 Å². The smallest absolute Gasteiger partial charge is 0.492 e. The van der Waals surface area contributed by atoms with Crippen LogP contribution in [0.25, 0.3) is 10.9 Å². The minimum Gasteiger partial charge on any atom is -0.492 e. The lowest BCUT2D eigenvalue weighted by molar-refractivity contribution is -0.274. The molecule has 1 amide bonds. The van der Waals surface area contributed by atoms with Gasteiger partial charge in [-0.15, -0.1) is 13.2 Å². The second-order valence-corrected chi connectivity index (χ2v) is 10.2. The van der Waals surface area contributed by atoms with Crippen molar-refractivity contribution in [2.45, 2.75) is 44.6 Å². The highest BCUT2D eigenvalue weighted by atomic mass is 35.5. The number of alkyl halides is 6. The van der Waals surface area contributed by atoms with Gasteiger partial charge in [-0.2, -0.15) is 13.2 Å². The second kappa shape index (κ2) is 12.9. The van der Waals surface area contributed by atoms with E-state index < -0.39 is 83.0 Å². The minimum absolute atomic E-state index is 0.0482. The molecule has 1 aliphatic rings. The van der Waals surface area contributed by atoms with Gasteiger partial charge in [0.25, 0.3) is 5.91 Å². The van der Waals surface area contributed by atoms with E-state index in [-0.39, 0.29) is 42.2 Å². The molecule has 10 nitrogen and oxygen atoms in total. The van der Waals surface area contributed by atoms with Gasteiger partial charge in [-0.25, -0.2) is 9.18 Å². The highest BCUT2D eigenvalue weighted by Gasteiger charge is 2.34. The van der Waals surface area contributed by atoms with Crippen LogP contribution in [0.2, 0.25) is 5.02 Å². The van der Waals surface area contributed by atoms with Crippen LogP contribution in [-0.4, -0.2) is 60.6 Å². The van der Waals surface area contributed by atoms with Gasteiger partial charge in [0.15, 0.2) is 11.6 Å². The number of hydrogen-bond donors (Lipinski definition) is 2. The molecule has 1 fully saturated rings. The first-order chi connectivity index (χ1) is 21.0. The first-order valence-corrected chi connectivity index (χ1v) is 13.3. The molecule has 0 saturated carbocycles. The van der Waals surface area contributed by atoms with Crippen LogP contribution in [0, 0.1) is 5.82 Å². The summed E-state index contributed by atoms with van der Waals surface area (Å²) in [5.74, 6) is -3.27. The zero-order valence-corrected chi connectivity index (χ0v) is 23.8. The zero-order chi connectivity index (χ0) is 33.3. The van der Waals surface area contributed by atoms with E-state index in [1.807, 2.05) is 0 Å². The number of carboxylic acid groups (broad SMARTS) is 1. The van der Waals surface area contributed by atoms with Gasteiger partial charge >= 0.3 is 18.7 Å². The van der Waals surface area contributed by atoms with Gasteiger partial charge < -0.3 is 34.1 Å². The molecule has 1 aromatic heterocycles. The molecule has 2 N–H and O–H groups in total. The van der Waals surface area contributed by atoms with Crippen LogP contribution in [0.3, 0.4) is 0 Å². The summed E-state index contributed by atoms with van der Waals surface area (Å²) in [6, 6.07) is 3.54. The molecule has 18 heteroatoms. The second-order valence-electron chi connectivity index (χ2n) is 9.81. The van der Waals surface area contributed by atoms with Gasteiger partial charge in [0, 0.05) is 43.7 Å². The van der Waals surface area contributed by atoms with Gasteiger partial charge in [0.2, 0.25) is 5.43 Å². The molecule has 244 valence electrons. The molecule has 0 spiro atoms. The summed E-state index contributed by atoms with van der Waals surface area (Å²) in [6.45, 7) is -2.05. The maximum atomic E-state index is 15.6. The summed E-state index contributed by atoms with van der Waals surface area (Å²) in [6.07, 6.45) is -11.1. The van der Waals surface area contributed by atoms with Crippen molar-refractivity contribution in [2.75, 3.05) is 25.1 Å². The number of carbonyl (C=O) groups excluding carboxylic acids is 1. The van der Waals surface area contributed by atoms with Crippen molar-refractivity contribution in [1.29, 1.82) is 0 Å². The minimum atomic E-state index is -4.98. The number of piperidine rings is 1. The Bertz CT molecular complexity index is 1670. The average Bonchev–Trinajstić information content (AvgIpc) is 2.92. The lowest BCUT2D eigenvalue weighted by atomic mass is 10.0. The highest BCUT2D eigenvalue weighted by molar-refractivity contribution is 6.31. The Labute approximate surface area is 253 Å². The number of rotatable bonds is 8. The van der Waals surface area contributed by atoms with Crippen molar-refractivity contribution in [2.24, 2.45) is 0 Å². The average molecular weight is 670 g/mol. The van der Waals surface area contributed by atoms with E-state index in [2.05, 4.69) is 10.1 Å². The lowest BCUT2D eigenvalue weighted by Gasteiger charge is -2.34. The van der Waals surface area contributed by atoms with Crippen LogP contribution >= 0.6 is 11.6 Å². The van der Waals surface area contributed by atoms with E-state index in [4.69, 9.17) is 26.2 Å². The molecule has 0 aliphatic carbocycles. The predicted octanol–water partition coefficient (Wildman–Crippen LogP) is 5.86. The fourth-order valence-corrected chi connectivity index (χ4v) is 5.17. The summed E-state index contributed by atoms with van der Waals surface area (Å²) in [7, 11) is 1.07. The number of amides is 1. The summed E-state index contributed by atoms with van der Waals surface area (Å²) in [5, 5.41) is 10.3. The molecule has 3 aromatic rings. The van der Waals surface area contributed by atoms with E-state index in [1.165, 1.54) is 4.90 Å². The Morgan fingerprint density at radius 3 is 2.33 bits per heavy atom. The SMILES string of the molecule is COc1c(N2CCC(OC(=O)O)CC2)c(F)cc2c(=O)c(C(=O)NCc3ccc(OC(F)(F)F)cc3Cl)cn(CC(F)(F)F)c12. The van der Waals surface area contributed by atoms with Crippen molar-refractivity contribution in [3.05, 3.63) is 62.7 Å². The summed E-state index contributed by atoms with van der Waals surface area (Å²) in [4.78, 5) is 38.7. The largest absolute Gasteiger partial charge is 0.573 e. The van der Waals surface area contributed by atoms with Gasteiger partial charge in [0.1, 0.15) is 29.6 Å². The molecule has 0 unspecified atom stereocenters. The molecule has 2 heterocycles. The topological polar surface area (TPSA) is 119 Å². The van der Waals surface area contributed by atoms with Crippen molar-refractivity contribution < 1.29 is 59.6 Å². The third kappa shape index (κ3) is 8.01. The molecule has 45 heavy (non-hydrogen) atoms. The van der Waals surface area contributed by atoms with Crippen LogP contribution in [0.1, 0.15) is 28.8 Å². The number of benzene rings is 2. The number of aromatic nitrogens is 1. The molecular formula is C27H23ClF7N3O7. The fraction of sp³-hybridized carbons (Fsp3) is 0.370. The fourth-order valence-electron chi connectivity index (χ4n) is 4.94. The standard InChI is InChI=1S/C27H23ClF7N3O7/c1-43-23-20-16(9-19(29)21(23)37-6-4-14(5-7-37)44-25(41)42)22(39)17(11-38(20)12-26(30,31)32)24(40)36-10-13-2-3-15(8-18(13)28)45-27(33,34)35/h2-3,8-9,11,14H,4-7,10,12H2,1H3,(H,36,40)(H,41,42). The Hall–Kier alpha value is -4.41. The van der Waals surface area contributed by atoms with Crippen LogP contribution in [0.15, 0.2) is 35.3 Å². The lowest BCUT2D eigenvalue weighted by Crippen LogP contribution is -2.38. The van der Waals surface area contributed by atoms with Crippen LogP contribution in [-0.2, 0) is 17.8 Å². The number of halogens is 8.